The van der Waals surface area contributed by atoms with Crippen molar-refractivity contribution in [3.8, 4) is 0 Å². The van der Waals surface area contributed by atoms with E-state index in [1.54, 1.807) is 14.2 Å². The fourth-order valence-electron chi connectivity index (χ4n) is 2.06. The smallest absolute Gasteiger partial charge is 0.0701 e. The Kier molecular flexibility index (Phi) is 16.0. The van der Waals surface area contributed by atoms with Crippen molar-refractivity contribution in [3.05, 3.63) is 0 Å². The summed E-state index contributed by atoms with van der Waals surface area (Å²) in [4.78, 5) is 0. The summed E-state index contributed by atoms with van der Waals surface area (Å²) in [7, 11) is 3.42. The van der Waals surface area contributed by atoms with Gasteiger partial charge in [-0.3, -0.25) is 0 Å². The van der Waals surface area contributed by atoms with Crippen LogP contribution in [0.15, 0.2) is 0 Å². The summed E-state index contributed by atoms with van der Waals surface area (Å²) >= 11 is 0. The van der Waals surface area contributed by atoms with Crippen LogP contribution in [0, 0.1) is 11.8 Å². The van der Waals surface area contributed by atoms with E-state index in [0.717, 1.165) is 19.6 Å². The molecule has 0 heterocycles. The minimum atomic E-state index is 0.578. The van der Waals surface area contributed by atoms with Crippen molar-refractivity contribution in [1.82, 2.24) is 0 Å². The predicted molar refractivity (Wildman–Crippen MR) is 83.8 cm³/mol. The van der Waals surface area contributed by atoms with Crippen LogP contribution in [0.4, 0.5) is 0 Å². The first-order valence-corrected chi connectivity index (χ1v) is 7.91. The van der Waals surface area contributed by atoms with E-state index in [9.17, 15) is 0 Å². The highest BCUT2D eigenvalue weighted by Crippen LogP contribution is 2.15. The number of hydrogen-bond acceptors (Lipinski definition) is 5. The fraction of sp³-hybridized carbons (Fsp3) is 1.00. The molecule has 21 heavy (non-hydrogen) atoms. The quantitative estimate of drug-likeness (QED) is 0.410. The molecule has 0 aliphatic carbocycles. The van der Waals surface area contributed by atoms with Crippen molar-refractivity contribution in [3.63, 3.8) is 0 Å². The van der Waals surface area contributed by atoms with Crippen LogP contribution in [0.25, 0.3) is 0 Å². The van der Waals surface area contributed by atoms with E-state index in [2.05, 4.69) is 13.8 Å². The highest BCUT2D eigenvalue weighted by Gasteiger charge is 2.08. The Balaban J connectivity index is 3.22. The Hall–Kier alpha value is -0.200. The van der Waals surface area contributed by atoms with Gasteiger partial charge >= 0.3 is 0 Å². The number of methoxy groups -OCH3 is 2. The normalized spacial score (nSPS) is 14.3. The van der Waals surface area contributed by atoms with Gasteiger partial charge in [-0.25, -0.2) is 0 Å². The Morgan fingerprint density at radius 2 is 1.14 bits per heavy atom. The lowest BCUT2D eigenvalue weighted by atomic mass is 9.95. The second-order valence-electron chi connectivity index (χ2n) is 5.52. The molecule has 0 bridgehead atoms. The molecule has 0 aromatic rings. The average Bonchev–Trinajstić information content (AvgIpc) is 2.47. The second-order valence-corrected chi connectivity index (χ2v) is 5.52. The van der Waals surface area contributed by atoms with Gasteiger partial charge in [0.15, 0.2) is 0 Å². The first-order valence-electron chi connectivity index (χ1n) is 7.91. The zero-order valence-electron chi connectivity index (χ0n) is 14.3. The van der Waals surface area contributed by atoms with E-state index in [0.29, 0.717) is 51.5 Å². The molecule has 0 aromatic carbocycles. The first kappa shape index (κ1) is 20.8. The zero-order valence-corrected chi connectivity index (χ0v) is 14.3. The molecule has 0 aliphatic rings. The SMILES string of the molecule is COCCOCCOCCOCC(C)CC(C)CCOC. The van der Waals surface area contributed by atoms with Gasteiger partial charge in [0, 0.05) is 27.4 Å². The predicted octanol–water partition coefficient (Wildman–Crippen LogP) is 2.38. The first-order chi connectivity index (χ1) is 10.2. The third-order valence-electron chi connectivity index (χ3n) is 3.20. The van der Waals surface area contributed by atoms with Crippen LogP contribution in [-0.2, 0) is 23.7 Å². The summed E-state index contributed by atoms with van der Waals surface area (Å²) in [6.45, 7) is 9.87. The second kappa shape index (κ2) is 16.2. The molecular weight excluding hydrogens is 272 g/mol. The molecule has 0 amide bonds. The number of ether oxygens (including phenoxy) is 5. The van der Waals surface area contributed by atoms with Gasteiger partial charge in [0.25, 0.3) is 0 Å². The van der Waals surface area contributed by atoms with E-state index < -0.39 is 0 Å². The van der Waals surface area contributed by atoms with Crippen LogP contribution in [0.3, 0.4) is 0 Å². The van der Waals surface area contributed by atoms with Crippen LogP contribution in [0.1, 0.15) is 26.7 Å². The lowest BCUT2D eigenvalue weighted by Gasteiger charge is -2.17. The topological polar surface area (TPSA) is 46.2 Å². The van der Waals surface area contributed by atoms with Crippen LogP contribution >= 0.6 is 0 Å². The molecule has 0 N–H and O–H groups in total. The van der Waals surface area contributed by atoms with Crippen molar-refractivity contribution >= 4 is 0 Å². The molecule has 0 fully saturated rings. The Morgan fingerprint density at radius 3 is 1.71 bits per heavy atom. The molecule has 0 aromatic heterocycles. The maximum atomic E-state index is 5.63. The molecule has 0 spiro atoms. The van der Waals surface area contributed by atoms with Gasteiger partial charge in [-0.2, -0.15) is 0 Å². The summed E-state index contributed by atoms with van der Waals surface area (Å²) in [6.07, 6.45) is 2.30. The third-order valence-corrected chi connectivity index (χ3v) is 3.20. The zero-order chi connectivity index (χ0) is 15.8. The molecule has 5 heteroatoms. The van der Waals surface area contributed by atoms with Crippen molar-refractivity contribution in [2.24, 2.45) is 11.8 Å². The molecule has 0 saturated carbocycles. The van der Waals surface area contributed by atoms with Crippen LogP contribution < -0.4 is 0 Å². The molecule has 2 unspecified atom stereocenters. The lowest BCUT2D eigenvalue weighted by molar-refractivity contribution is -0.00177. The molecule has 128 valence electrons. The van der Waals surface area contributed by atoms with Crippen LogP contribution in [0.2, 0.25) is 0 Å². The maximum absolute atomic E-state index is 5.63. The summed E-state index contributed by atoms with van der Waals surface area (Å²) in [5, 5.41) is 0. The summed E-state index contributed by atoms with van der Waals surface area (Å²) in [5.41, 5.74) is 0. The van der Waals surface area contributed by atoms with Crippen molar-refractivity contribution in [1.29, 1.82) is 0 Å². The van der Waals surface area contributed by atoms with Gasteiger partial charge in [-0.05, 0) is 24.7 Å². The van der Waals surface area contributed by atoms with E-state index in [1.807, 2.05) is 0 Å². The van der Waals surface area contributed by atoms with E-state index in [4.69, 9.17) is 23.7 Å². The Morgan fingerprint density at radius 1 is 0.619 bits per heavy atom. The van der Waals surface area contributed by atoms with Crippen LogP contribution in [0.5, 0.6) is 0 Å². The number of hydrogen-bond donors (Lipinski definition) is 0. The van der Waals surface area contributed by atoms with Crippen molar-refractivity contribution in [2.45, 2.75) is 26.7 Å². The van der Waals surface area contributed by atoms with Gasteiger partial charge in [-0.15, -0.1) is 0 Å². The minimum absolute atomic E-state index is 0.578. The summed E-state index contributed by atoms with van der Waals surface area (Å²) < 4.78 is 26.3. The molecule has 2 atom stereocenters. The van der Waals surface area contributed by atoms with E-state index in [1.165, 1.54) is 6.42 Å². The average molecular weight is 306 g/mol. The molecule has 0 rings (SSSR count). The van der Waals surface area contributed by atoms with Crippen LogP contribution in [-0.4, -0.2) is 67.1 Å². The van der Waals surface area contributed by atoms with Gasteiger partial charge in [-0.1, -0.05) is 13.8 Å². The third kappa shape index (κ3) is 16.0. The fourth-order valence-corrected chi connectivity index (χ4v) is 2.06. The number of rotatable bonds is 16. The lowest BCUT2D eigenvalue weighted by Crippen LogP contribution is -2.15. The Bertz CT molecular complexity index is 201. The Labute approximate surface area is 130 Å². The van der Waals surface area contributed by atoms with Gasteiger partial charge in [0.1, 0.15) is 0 Å². The summed E-state index contributed by atoms with van der Waals surface area (Å²) in [5.74, 6) is 1.26. The highest BCUT2D eigenvalue weighted by molar-refractivity contribution is 4.59. The standard InChI is InChI=1S/C16H34O5/c1-15(5-6-17-3)13-16(2)14-21-12-11-20-10-9-19-8-7-18-4/h15-16H,5-14H2,1-4H3. The summed E-state index contributed by atoms with van der Waals surface area (Å²) in [6, 6.07) is 0. The molecule has 0 aliphatic heterocycles. The van der Waals surface area contributed by atoms with Gasteiger partial charge < -0.3 is 23.7 Å². The maximum Gasteiger partial charge on any atom is 0.0701 e. The molecule has 0 radical (unpaired) electrons. The van der Waals surface area contributed by atoms with E-state index in [-0.39, 0.29) is 0 Å². The monoisotopic (exact) mass is 306 g/mol. The molecule has 0 saturated heterocycles. The van der Waals surface area contributed by atoms with Gasteiger partial charge in [0.05, 0.1) is 39.6 Å². The van der Waals surface area contributed by atoms with Gasteiger partial charge in [0.2, 0.25) is 0 Å². The minimum Gasteiger partial charge on any atom is -0.385 e. The largest absolute Gasteiger partial charge is 0.385 e. The van der Waals surface area contributed by atoms with Crippen molar-refractivity contribution in [2.75, 3.05) is 67.1 Å². The molecule has 5 nitrogen and oxygen atoms in total. The molecular formula is C16H34O5. The highest BCUT2D eigenvalue weighted by atomic mass is 16.6. The van der Waals surface area contributed by atoms with Crippen molar-refractivity contribution < 1.29 is 23.7 Å². The van der Waals surface area contributed by atoms with E-state index >= 15 is 0 Å².